The molecule has 6 nitrogen and oxygen atoms in total. The maximum Gasteiger partial charge on any atom is 0.270 e. The number of nitrogens with two attached hydrogens (primary N) is 1. The average molecular weight is 221 g/mol. The zero-order valence-electron chi connectivity index (χ0n) is 8.47. The van der Waals surface area contributed by atoms with Gasteiger partial charge >= 0.3 is 0 Å². The van der Waals surface area contributed by atoms with Crippen molar-refractivity contribution < 1.29 is 14.3 Å². The van der Waals surface area contributed by atoms with Gasteiger partial charge in [-0.15, -0.1) is 0 Å². The number of primary amides is 1. The summed E-state index contributed by atoms with van der Waals surface area (Å²) in [5.74, 6) is -0.903. The Kier molecular flexibility index (Phi) is 2.82. The van der Waals surface area contributed by atoms with Crippen molar-refractivity contribution in [3.05, 3.63) is 29.6 Å². The topological polar surface area (TPSA) is 94.3 Å². The Balaban J connectivity index is 2.09. The van der Waals surface area contributed by atoms with Gasteiger partial charge in [0.05, 0.1) is 19.3 Å². The van der Waals surface area contributed by atoms with Crippen molar-refractivity contribution in [1.29, 1.82) is 0 Å². The van der Waals surface area contributed by atoms with Crippen molar-refractivity contribution in [3.8, 4) is 0 Å². The molecule has 1 aliphatic heterocycles. The predicted molar refractivity (Wildman–Crippen MR) is 54.8 cm³/mol. The lowest BCUT2D eigenvalue weighted by Gasteiger charge is -2.26. The molecular formula is C10H11N3O3. The first-order chi connectivity index (χ1) is 7.66. The van der Waals surface area contributed by atoms with E-state index in [1.54, 1.807) is 0 Å². The molecular weight excluding hydrogens is 210 g/mol. The van der Waals surface area contributed by atoms with Crippen LogP contribution in [0.25, 0.3) is 0 Å². The van der Waals surface area contributed by atoms with Crippen molar-refractivity contribution in [3.63, 3.8) is 0 Å². The molecule has 0 radical (unpaired) electrons. The Bertz CT molecular complexity index is 429. The molecule has 84 valence electrons. The smallest absolute Gasteiger partial charge is 0.270 e. The number of pyridine rings is 1. The lowest BCUT2D eigenvalue weighted by Crippen LogP contribution is -2.48. The number of amides is 2. The minimum absolute atomic E-state index is 0.0338. The second-order valence-corrected chi connectivity index (χ2v) is 3.50. The molecule has 0 unspecified atom stereocenters. The molecule has 3 N–H and O–H groups in total. The molecule has 1 aliphatic rings. The fourth-order valence-electron chi connectivity index (χ4n) is 1.29. The first-order valence-electron chi connectivity index (χ1n) is 4.81. The second kappa shape index (κ2) is 4.28. The molecule has 1 aromatic heterocycles. The molecule has 1 fully saturated rings. The quantitative estimate of drug-likeness (QED) is 0.706. The monoisotopic (exact) mass is 221 g/mol. The first kappa shape index (κ1) is 10.6. The van der Waals surface area contributed by atoms with E-state index in [0.29, 0.717) is 13.2 Å². The van der Waals surface area contributed by atoms with Crippen LogP contribution in [-0.4, -0.2) is 36.1 Å². The van der Waals surface area contributed by atoms with Crippen molar-refractivity contribution >= 4 is 11.8 Å². The van der Waals surface area contributed by atoms with Gasteiger partial charge in [-0.2, -0.15) is 0 Å². The van der Waals surface area contributed by atoms with E-state index in [1.807, 2.05) is 0 Å². The highest BCUT2D eigenvalue weighted by Gasteiger charge is 2.21. The third-order valence-corrected chi connectivity index (χ3v) is 2.25. The van der Waals surface area contributed by atoms with Crippen LogP contribution in [0.15, 0.2) is 18.3 Å². The van der Waals surface area contributed by atoms with Gasteiger partial charge in [-0.3, -0.25) is 14.6 Å². The predicted octanol–water partition coefficient (Wildman–Crippen LogP) is -0.691. The Morgan fingerprint density at radius 1 is 1.50 bits per heavy atom. The summed E-state index contributed by atoms with van der Waals surface area (Å²) in [4.78, 5) is 26.4. The van der Waals surface area contributed by atoms with E-state index in [0.717, 1.165) is 0 Å². The maximum absolute atomic E-state index is 11.6. The summed E-state index contributed by atoms with van der Waals surface area (Å²) >= 11 is 0. The van der Waals surface area contributed by atoms with Crippen molar-refractivity contribution in [2.75, 3.05) is 13.2 Å². The molecule has 16 heavy (non-hydrogen) atoms. The largest absolute Gasteiger partial charge is 0.377 e. The third kappa shape index (κ3) is 2.17. The molecule has 0 bridgehead atoms. The van der Waals surface area contributed by atoms with Gasteiger partial charge in [-0.25, -0.2) is 0 Å². The number of nitrogens with one attached hydrogen (secondary N) is 1. The number of carbonyl (C=O) groups is 2. The fourth-order valence-corrected chi connectivity index (χ4v) is 1.29. The zero-order chi connectivity index (χ0) is 11.5. The van der Waals surface area contributed by atoms with Crippen molar-refractivity contribution in [1.82, 2.24) is 10.3 Å². The molecule has 1 saturated heterocycles. The van der Waals surface area contributed by atoms with Crippen LogP contribution in [0.2, 0.25) is 0 Å². The van der Waals surface area contributed by atoms with Crippen molar-refractivity contribution in [2.45, 2.75) is 6.04 Å². The van der Waals surface area contributed by atoms with E-state index >= 15 is 0 Å². The molecule has 6 heteroatoms. The van der Waals surface area contributed by atoms with Crippen LogP contribution < -0.4 is 11.1 Å². The summed E-state index contributed by atoms with van der Waals surface area (Å²) in [6.07, 6.45) is 1.38. The Labute approximate surface area is 91.8 Å². The van der Waals surface area contributed by atoms with E-state index in [4.69, 9.17) is 10.5 Å². The van der Waals surface area contributed by atoms with E-state index in [-0.39, 0.29) is 23.2 Å². The van der Waals surface area contributed by atoms with E-state index in [9.17, 15) is 9.59 Å². The lowest BCUT2D eigenvalue weighted by atomic mass is 10.2. The number of nitrogens with zero attached hydrogens (tertiary/aromatic N) is 1. The Morgan fingerprint density at radius 3 is 2.81 bits per heavy atom. The lowest BCUT2D eigenvalue weighted by molar-refractivity contribution is -0.00355. The highest BCUT2D eigenvalue weighted by atomic mass is 16.5. The van der Waals surface area contributed by atoms with Crippen molar-refractivity contribution in [2.24, 2.45) is 5.73 Å². The SMILES string of the molecule is NC(=O)c1ccnc(C(=O)NC2COC2)c1. The van der Waals surface area contributed by atoms with E-state index in [1.165, 1.54) is 18.3 Å². The number of aromatic nitrogens is 1. The summed E-state index contributed by atoms with van der Waals surface area (Å²) in [6.45, 7) is 1.03. The van der Waals surface area contributed by atoms with Gasteiger partial charge in [0.1, 0.15) is 5.69 Å². The third-order valence-electron chi connectivity index (χ3n) is 2.25. The summed E-state index contributed by atoms with van der Waals surface area (Å²) in [7, 11) is 0. The number of carbonyl (C=O) groups excluding carboxylic acids is 2. The zero-order valence-corrected chi connectivity index (χ0v) is 8.47. The Morgan fingerprint density at radius 2 is 2.25 bits per heavy atom. The van der Waals surface area contributed by atoms with Gasteiger partial charge < -0.3 is 15.8 Å². The molecule has 0 saturated carbocycles. The summed E-state index contributed by atoms with van der Waals surface area (Å²) in [6, 6.07) is 2.87. The first-order valence-corrected chi connectivity index (χ1v) is 4.81. The molecule has 2 amide bonds. The highest BCUT2D eigenvalue weighted by molar-refractivity contribution is 5.97. The van der Waals surface area contributed by atoms with Crippen LogP contribution >= 0.6 is 0 Å². The standard InChI is InChI=1S/C10H11N3O3/c11-9(14)6-1-2-12-8(3-6)10(15)13-7-4-16-5-7/h1-3,7H,4-5H2,(H2,11,14)(H,13,15). The minimum Gasteiger partial charge on any atom is -0.377 e. The van der Waals surface area contributed by atoms with Crippen LogP contribution in [0, 0.1) is 0 Å². The van der Waals surface area contributed by atoms with Gasteiger partial charge in [0.15, 0.2) is 0 Å². The molecule has 2 heterocycles. The van der Waals surface area contributed by atoms with Crippen LogP contribution in [0.3, 0.4) is 0 Å². The van der Waals surface area contributed by atoms with Crippen LogP contribution in [0.1, 0.15) is 20.8 Å². The Hall–Kier alpha value is -1.95. The molecule has 1 aromatic rings. The molecule has 2 rings (SSSR count). The summed E-state index contributed by atoms with van der Waals surface area (Å²) in [5.41, 5.74) is 5.56. The number of ether oxygens (including phenoxy) is 1. The number of hydrogen-bond donors (Lipinski definition) is 2. The van der Waals surface area contributed by atoms with E-state index < -0.39 is 5.91 Å². The van der Waals surface area contributed by atoms with Crippen LogP contribution in [0.5, 0.6) is 0 Å². The average Bonchev–Trinajstić information content (AvgIpc) is 2.23. The normalized spacial score (nSPS) is 15.2. The van der Waals surface area contributed by atoms with Crippen LogP contribution in [-0.2, 0) is 4.74 Å². The minimum atomic E-state index is -0.580. The van der Waals surface area contributed by atoms with Gasteiger partial charge in [0.25, 0.3) is 5.91 Å². The van der Waals surface area contributed by atoms with Crippen LogP contribution in [0.4, 0.5) is 0 Å². The summed E-state index contributed by atoms with van der Waals surface area (Å²) < 4.78 is 4.92. The molecule has 0 atom stereocenters. The van der Waals surface area contributed by atoms with E-state index in [2.05, 4.69) is 10.3 Å². The van der Waals surface area contributed by atoms with Gasteiger partial charge in [0, 0.05) is 11.8 Å². The van der Waals surface area contributed by atoms with Gasteiger partial charge in [0.2, 0.25) is 5.91 Å². The highest BCUT2D eigenvalue weighted by Crippen LogP contribution is 2.04. The van der Waals surface area contributed by atoms with Gasteiger partial charge in [-0.1, -0.05) is 0 Å². The number of hydrogen-bond acceptors (Lipinski definition) is 4. The maximum atomic E-state index is 11.6. The fraction of sp³-hybridized carbons (Fsp3) is 0.300. The number of rotatable bonds is 3. The van der Waals surface area contributed by atoms with Gasteiger partial charge in [-0.05, 0) is 12.1 Å². The second-order valence-electron chi connectivity index (χ2n) is 3.50. The molecule has 0 spiro atoms. The molecule has 0 aliphatic carbocycles. The molecule has 0 aromatic carbocycles. The summed E-state index contributed by atoms with van der Waals surface area (Å²) in [5, 5.41) is 2.72.